The fourth-order valence-electron chi connectivity index (χ4n) is 1.12. The van der Waals surface area contributed by atoms with Crippen molar-refractivity contribution in [2.75, 3.05) is 32.3 Å². The number of halogens is 1. The van der Waals surface area contributed by atoms with E-state index in [9.17, 15) is 8.42 Å². The summed E-state index contributed by atoms with van der Waals surface area (Å²) in [6.07, 6.45) is 1.13. The quantitative estimate of drug-likeness (QED) is 0.646. The van der Waals surface area contributed by atoms with Gasteiger partial charge in [0.15, 0.2) is 9.84 Å². The molecule has 0 saturated carbocycles. The first-order chi connectivity index (χ1) is 7.45. The second kappa shape index (κ2) is 6.68. The molecule has 2 N–H and O–H groups in total. The number of hydrogen-bond acceptors (Lipinski definition) is 5. The van der Waals surface area contributed by atoms with E-state index < -0.39 is 9.84 Å². The Labute approximate surface area is 107 Å². The van der Waals surface area contributed by atoms with Crippen LogP contribution in [-0.2, 0) is 14.6 Å². The van der Waals surface area contributed by atoms with E-state index in [1.54, 1.807) is 13.2 Å². The fourth-order valence-corrected chi connectivity index (χ4v) is 1.78. The van der Waals surface area contributed by atoms with Crippen LogP contribution in [0.1, 0.15) is 0 Å². The second-order valence-electron chi connectivity index (χ2n) is 3.31. The van der Waals surface area contributed by atoms with E-state index in [0.717, 1.165) is 6.26 Å². The molecule has 17 heavy (non-hydrogen) atoms. The summed E-state index contributed by atoms with van der Waals surface area (Å²) in [5.41, 5.74) is 5.97. The first-order valence-electron chi connectivity index (χ1n) is 4.66. The molecule has 1 aromatic carbocycles. The second-order valence-corrected chi connectivity index (χ2v) is 5.33. The lowest BCUT2D eigenvalue weighted by Crippen LogP contribution is -2.06. The normalized spacial score (nSPS) is 10.7. The van der Waals surface area contributed by atoms with Gasteiger partial charge in [0.05, 0.1) is 17.2 Å². The highest BCUT2D eigenvalue weighted by atomic mass is 35.5. The van der Waals surface area contributed by atoms with Crippen molar-refractivity contribution in [1.29, 1.82) is 0 Å². The maximum Gasteiger partial charge on any atom is 0.175 e. The van der Waals surface area contributed by atoms with E-state index in [1.165, 1.54) is 12.1 Å². The Balaban J connectivity index is 0.00000256. The lowest BCUT2D eigenvalue weighted by molar-refractivity contribution is 0.146. The zero-order chi connectivity index (χ0) is 12.2. The van der Waals surface area contributed by atoms with Gasteiger partial charge < -0.3 is 15.2 Å². The van der Waals surface area contributed by atoms with Gasteiger partial charge in [-0.2, -0.15) is 0 Å². The summed E-state index contributed by atoms with van der Waals surface area (Å²) in [5, 5.41) is 0. The molecular weight excluding hydrogens is 266 g/mol. The van der Waals surface area contributed by atoms with Gasteiger partial charge in [0, 0.05) is 13.4 Å². The van der Waals surface area contributed by atoms with Gasteiger partial charge in [-0.15, -0.1) is 12.4 Å². The lowest BCUT2D eigenvalue weighted by atomic mass is 10.3. The molecule has 1 rings (SSSR count). The number of ether oxygens (including phenoxy) is 2. The van der Waals surface area contributed by atoms with Crippen molar-refractivity contribution < 1.29 is 17.9 Å². The first kappa shape index (κ1) is 16.0. The van der Waals surface area contributed by atoms with Crippen LogP contribution in [-0.4, -0.2) is 35.0 Å². The lowest BCUT2D eigenvalue weighted by Gasteiger charge is -2.09. The third kappa shape index (κ3) is 4.80. The van der Waals surface area contributed by atoms with Gasteiger partial charge in [-0.3, -0.25) is 0 Å². The highest BCUT2D eigenvalue weighted by molar-refractivity contribution is 7.90. The highest BCUT2D eigenvalue weighted by Gasteiger charge is 2.09. The maximum atomic E-state index is 11.2. The minimum Gasteiger partial charge on any atom is -0.489 e. The maximum absolute atomic E-state index is 11.2. The van der Waals surface area contributed by atoms with Crippen LogP contribution in [0.25, 0.3) is 0 Å². The SMILES string of the molecule is COCCOc1ccc(S(C)(=O)=O)cc1N.Cl. The van der Waals surface area contributed by atoms with Crippen LogP contribution in [0.4, 0.5) is 5.69 Å². The van der Waals surface area contributed by atoms with Gasteiger partial charge >= 0.3 is 0 Å². The van der Waals surface area contributed by atoms with Crippen molar-refractivity contribution in [3.8, 4) is 5.75 Å². The van der Waals surface area contributed by atoms with Crippen LogP contribution >= 0.6 is 12.4 Å². The van der Waals surface area contributed by atoms with E-state index >= 15 is 0 Å². The van der Waals surface area contributed by atoms with Gasteiger partial charge in [0.25, 0.3) is 0 Å². The minimum atomic E-state index is -3.23. The van der Waals surface area contributed by atoms with Crippen LogP contribution in [0.5, 0.6) is 5.75 Å². The Hall–Kier alpha value is -0.980. The molecule has 0 aliphatic carbocycles. The van der Waals surface area contributed by atoms with E-state index in [1.807, 2.05) is 0 Å². The molecule has 1 aromatic rings. The Morgan fingerprint density at radius 1 is 1.29 bits per heavy atom. The molecule has 0 bridgehead atoms. The molecule has 0 heterocycles. The van der Waals surface area contributed by atoms with E-state index in [0.29, 0.717) is 24.7 Å². The highest BCUT2D eigenvalue weighted by Crippen LogP contribution is 2.24. The standard InChI is InChI=1S/C10H15NO4S.ClH/c1-14-5-6-15-10-4-3-8(7-9(10)11)16(2,12)13;/h3-4,7H,5-6,11H2,1-2H3;1H. The molecule has 0 atom stereocenters. The summed E-state index contributed by atoms with van der Waals surface area (Å²) in [5.74, 6) is 0.462. The predicted molar refractivity (Wildman–Crippen MR) is 68.6 cm³/mol. The first-order valence-corrected chi connectivity index (χ1v) is 6.55. The Bertz CT molecular complexity index is 461. The topological polar surface area (TPSA) is 78.6 Å². The summed E-state index contributed by atoms with van der Waals surface area (Å²) >= 11 is 0. The number of benzene rings is 1. The van der Waals surface area contributed by atoms with Crippen molar-refractivity contribution in [2.24, 2.45) is 0 Å². The number of methoxy groups -OCH3 is 1. The summed E-state index contributed by atoms with van der Waals surface area (Å²) in [7, 11) is -1.66. The van der Waals surface area contributed by atoms with Crippen molar-refractivity contribution in [2.45, 2.75) is 4.90 Å². The summed E-state index contributed by atoms with van der Waals surface area (Å²) in [4.78, 5) is 0.184. The van der Waals surface area contributed by atoms with Crippen molar-refractivity contribution >= 4 is 27.9 Å². The number of nitrogens with two attached hydrogens (primary N) is 1. The molecule has 0 radical (unpaired) electrons. The molecule has 0 spiro atoms. The van der Waals surface area contributed by atoms with Crippen molar-refractivity contribution in [3.05, 3.63) is 18.2 Å². The molecule has 0 fully saturated rings. The molecular formula is C10H16ClNO4S. The monoisotopic (exact) mass is 281 g/mol. The Morgan fingerprint density at radius 3 is 2.41 bits per heavy atom. The zero-order valence-electron chi connectivity index (χ0n) is 9.67. The number of sulfone groups is 1. The van der Waals surface area contributed by atoms with Gasteiger partial charge in [0.1, 0.15) is 12.4 Å². The van der Waals surface area contributed by atoms with Crippen molar-refractivity contribution in [1.82, 2.24) is 0 Å². The summed E-state index contributed by atoms with van der Waals surface area (Å²) in [6.45, 7) is 0.826. The summed E-state index contributed by atoms with van der Waals surface area (Å²) < 4.78 is 32.6. The molecule has 0 amide bonds. The molecule has 0 unspecified atom stereocenters. The number of hydrogen-bond donors (Lipinski definition) is 1. The molecule has 7 heteroatoms. The average molecular weight is 282 g/mol. The average Bonchev–Trinajstić information content (AvgIpc) is 2.19. The molecule has 5 nitrogen and oxygen atoms in total. The summed E-state index contributed by atoms with van der Waals surface area (Å²) in [6, 6.07) is 4.40. The van der Waals surface area contributed by atoms with Gasteiger partial charge in [0.2, 0.25) is 0 Å². The fraction of sp³-hybridized carbons (Fsp3) is 0.400. The van der Waals surface area contributed by atoms with E-state index in [-0.39, 0.29) is 17.3 Å². The number of rotatable bonds is 5. The molecule has 0 saturated heterocycles. The third-order valence-corrected chi connectivity index (χ3v) is 3.06. The van der Waals surface area contributed by atoms with Crippen LogP contribution < -0.4 is 10.5 Å². The predicted octanol–water partition coefficient (Wildman–Crippen LogP) is 1.12. The zero-order valence-corrected chi connectivity index (χ0v) is 11.3. The van der Waals surface area contributed by atoms with Gasteiger partial charge in [-0.05, 0) is 18.2 Å². The van der Waals surface area contributed by atoms with Crippen LogP contribution in [0.3, 0.4) is 0 Å². The Kier molecular flexibility index (Phi) is 6.30. The van der Waals surface area contributed by atoms with Gasteiger partial charge in [-0.25, -0.2) is 8.42 Å². The van der Waals surface area contributed by atoms with Crippen molar-refractivity contribution in [3.63, 3.8) is 0 Å². The molecule has 0 aliphatic heterocycles. The smallest absolute Gasteiger partial charge is 0.175 e. The molecule has 0 aromatic heterocycles. The third-order valence-electron chi connectivity index (χ3n) is 1.95. The van der Waals surface area contributed by atoms with Crippen LogP contribution in [0, 0.1) is 0 Å². The van der Waals surface area contributed by atoms with E-state index in [2.05, 4.69) is 0 Å². The van der Waals surface area contributed by atoms with Crippen LogP contribution in [0.15, 0.2) is 23.1 Å². The van der Waals surface area contributed by atoms with E-state index in [4.69, 9.17) is 15.2 Å². The minimum absolute atomic E-state index is 0. The largest absolute Gasteiger partial charge is 0.489 e. The number of anilines is 1. The van der Waals surface area contributed by atoms with Crippen LogP contribution in [0.2, 0.25) is 0 Å². The Morgan fingerprint density at radius 2 is 1.94 bits per heavy atom. The number of nitrogen functional groups attached to an aromatic ring is 1. The van der Waals surface area contributed by atoms with Gasteiger partial charge in [-0.1, -0.05) is 0 Å². The molecule has 0 aliphatic rings. The molecule has 98 valence electrons.